The summed E-state index contributed by atoms with van der Waals surface area (Å²) in [6.07, 6.45) is 0. The SMILES string of the molecule is COc1ccc(NC(=O)CSc2nc3ccsc3c(=O)n2Cc2ccccc2)cc1F. The van der Waals surface area contributed by atoms with Gasteiger partial charge in [-0.3, -0.25) is 14.2 Å². The fourth-order valence-corrected chi connectivity index (χ4v) is 4.59. The lowest BCUT2D eigenvalue weighted by atomic mass is 10.2. The number of amides is 1. The Kier molecular flexibility index (Phi) is 6.34. The number of hydrogen-bond acceptors (Lipinski definition) is 6. The molecule has 0 saturated carbocycles. The van der Waals surface area contributed by atoms with Crippen LogP contribution in [0.25, 0.3) is 10.2 Å². The molecule has 0 saturated heterocycles. The van der Waals surface area contributed by atoms with Crippen molar-refractivity contribution in [3.8, 4) is 5.75 Å². The van der Waals surface area contributed by atoms with E-state index in [-0.39, 0.29) is 23.0 Å². The van der Waals surface area contributed by atoms with Crippen molar-refractivity contribution in [2.45, 2.75) is 11.7 Å². The van der Waals surface area contributed by atoms with Gasteiger partial charge >= 0.3 is 0 Å². The quantitative estimate of drug-likeness (QED) is 0.331. The number of nitrogens with one attached hydrogen (secondary N) is 1. The summed E-state index contributed by atoms with van der Waals surface area (Å²) in [5.41, 5.74) is 1.76. The molecule has 31 heavy (non-hydrogen) atoms. The average Bonchev–Trinajstić information content (AvgIpc) is 3.24. The van der Waals surface area contributed by atoms with Crippen molar-refractivity contribution in [3.05, 3.63) is 81.7 Å². The standard InChI is InChI=1S/C22H18FN3O3S2/c1-29-18-8-7-15(11-16(18)23)24-19(27)13-31-22-25-17-9-10-30-20(17)21(28)26(22)12-14-5-3-2-4-6-14/h2-11H,12-13H2,1H3,(H,24,27). The van der Waals surface area contributed by atoms with Crippen LogP contribution in [0.3, 0.4) is 0 Å². The van der Waals surface area contributed by atoms with Crippen LogP contribution in [0, 0.1) is 5.82 Å². The summed E-state index contributed by atoms with van der Waals surface area (Å²) < 4.78 is 20.9. The largest absolute Gasteiger partial charge is 0.494 e. The monoisotopic (exact) mass is 455 g/mol. The van der Waals surface area contributed by atoms with Crippen molar-refractivity contribution < 1.29 is 13.9 Å². The summed E-state index contributed by atoms with van der Waals surface area (Å²) in [6.45, 7) is 0.355. The maximum absolute atomic E-state index is 13.8. The number of fused-ring (bicyclic) bond motifs is 1. The molecule has 2 heterocycles. The molecular weight excluding hydrogens is 437 g/mol. The molecule has 0 aliphatic carbocycles. The molecule has 0 radical (unpaired) electrons. The fourth-order valence-electron chi connectivity index (χ4n) is 3.01. The number of hydrogen-bond donors (Lipinski definition) is 1. The molecule has 4 rings (SSSR count). The van der Waals surface area contributed by atoms with E-state index in [1.165, 1.54) is 30.6 Å². The first kappa shape index (κ1) is 21.1. The Balaban J connectivity index is 1.54. The zero-order valence-electron chi connectivity index (χ0n) is 16.5. The van der Waals surface area contributed by atoms with Gasteiger partial charge in [-0.05, 0) is 29.1 Å². The van der Waals surface area contributed by atoms with E-state index in [0.29, 0.717) is 27.6 Å². The third kappa shape index (κ3) is 4.78. The lowest BCUT2D eigenvalue weighted by molar-refractivity contribution is -0.113. The van der Waals surface area contributed by atoms with E-state index in [1.807, 2.05) is 35.7 Å². The molecule has 0 aliphatic heterocycles. The van der Waals surface area contributed by atoms with Crippen LogP contribution < -0.4 is 15.6 Å². The second kappa shape index (κ2) is 9.32. The highest BCUT2D eigenvalue weighted by molar-refractivity contribution is 7.99. The molecule has 0 atom stereocenters. The van der Waals surface area contributed by atoms with Gasteiger partial charge in [0.2, 0.25) is 5.91 Å². The van der Waals surface area contributed by atoms with Gasteiger partial charge in [-0.1, -0.05) is 42.1 Å². The van der Waals surface area contributed by atoms with Crippen LogP contribution in [0.1, 0.15) is 5.56 Å². The number of benzene rings is 2. The second-order valence-electron chi connectivity index (χ2n) is 6.59. The van der Waals surface area contributed by atoms with Crippen molar-refractivity contribution in [2.24, 2.45) is 0 Å². The molecule has 0 fully saturated rings. The van der Waals surface area contributed by atoms with Crippen LogP contribution in [0.4, 0.5) is 10.1 Å². The Morgan fingerprint density at radius 1 is 1.23 bits per heavy atom. The van der Waals surface area contributed by atoms with E-state index >= 15 is 0 Å². The van der Waals surface area contributed by atoms with Crippen molar-refractivity contribution >= 4 is 44.9 Å². The molecular formula is C22H18FN3O3S2. The Hall–Kier alpha value is -3.17. The molecule has 158 valence electrons. The van der Waals surface area contributed by atoms with Crippen LogP contribution in [-0.2, 0) is 11.3 Å². The van der Waals surface area contributed by atoms with Gasteiger partial charge in [0.25, 0.3) is 5.56 Å². The smallest absolute Gasteiger partial charge is 0.272 e. The van der Waals surface area contributed by atoms with Crippen molar-refractivity contribution in [1.82, 2.24) is 9.55 Å². The third-order valence-corrected chi connectivity index (χ3v) is 6.35. The molecule has 2 aromatic carbocycles. The van der Waals surface area contributed by atoms with Crippen molar-refractivity contribution in [3.63, 3.8) is 0 Å². The molecule has 1 amide bonds. The summed E-state index contributed by atoms with van der Waals surface area (Å²) in [6, 6.07) is 15.6. The van der Waals surface area contributed by atoms with Gasteiger partial charge in [-0.15, -0.1) is 11.3 Å². The predicted octanol–water partition coefficient (Wildman–Crippen LogP) is 4.38. The number of aromatic nitrogens is 2. The van der Waals surface area contributed by atoms with Gasteiger partial charge in [0.15, 0.2) is 16.7 Å². The van der Waals surface area contributed by atoms with Gasteiger partial charge in [-0.2, -0.15) is 0 Å². The van der Waals surface area contributed by atoms with Crippen molar-refractivity contribution in [1.29, 1.82) is 0 Å². The Bertz CT molecular complexity index is 1290. The highest BCUT2D eigenvalue weighted by Crippen LogP contribution is 2.23. The summed E-state index contributed by atoms with van der Waals surface area (Å²) in [5, 5.41) is 4.93. The molecule has 0 spiro atoms. The number of carbonyl (C=O) groups is 1. The number of thioether (sulfide) groups is 1. The number of methoxy groups -OCH3 is 1. The lowest BCUT2D eigenvalue weighted by Gasteiger charge is -2.12. The van der Waals surface area contributed by atoms with Gasteiger partial charge in [-0.25, -0.2) is 9.37 Å². The number of nitrogens with zero attached hydrogens (tertiary/aromatic N) is 2. The minimum absolute atomic E-state index is 0.0184. The maximum Gasteiger partial charge on any atom is 0.272 e. The number of carbonyl (C=O) groups excluding carboxylic acids is 1. The highest BCUT2D eigenvalue weighted by atomic mass is 32.2. The lowest BCUT2D eigenvalue weighted by Crippen LogP contribution is -2.24. The van der Waals surface area contributed by atoms with Gasteiger partial charge in [0, 0.05) is 11.8 Å². The Morgan fingerprint density at radius 3 is 2.77 bits per heavy atom. The molecule has 2 aromatic heterocycles. The van der Waals surface area contributed by atoms with E-state index in [0.717, 1.165) is 17.3 Å². The maximum atomic E-state index is 13.8. The molecule has 6 nitrogen and oxygen atoms in total. The average molecular weight is 456 g/mol. The summed E-state index contributed by atoms with van der Waals surface area (Å²) >= 11 is 2.51. The van der Waals surface area contributed by atoms with E-state index in [1.54, 1.807) is 16.7 Å². The molecule has 1 N–H and O–H groups in total. The second-order valence-corrected chi connectivity index (χ2v) is 8.45. The Labute approximate surface area is 185 Å². The number of thiophene rings is 1. The summed E-state index contributed by atoms with van der Waals surface area (Å²) in [7, 11) is 1.37. The first-order valence-corrected chi connectivity index (χ1v) is 11.2. The van der Waals surface area contributed by atoms with Crippen LogP contribution in [-0.4, -0.2) is 28.3 Å². The van der Waals surface area contributed by atoms with Crippen molar-refractivity contribution in [2.75, 3.05) is 18.2 Å². The van der Waals surface area contributed by atoms with E-state index in [4.69, 9.17) is 4.74 Å². The first-order valence-electron chi connectivity index (χ1n) is 9.33. The summed E-state index contributed by atoms with van der Waals surface area (Å²) in [5.74, 6) is -0.773. The molecule has 4 aromatic rings. The summed E-state index contributed by atoms with van der Waals surface area (Å²) in [4.78, 5) is 30.0. The Morgan fingerprint density at radius 2 is 2.03 bits per heavy atom. The molecule has 9 heteroatoms. The molecule has 0 aliphatic rings. The zero-order valence-corrected chi connectivity index (χ0v) is 18.1. The van der Waals surface area contributed by atoms with Gasteiger partial charge < -0.3 is 10.1 Å². The zero-order chi connectivity index (χ0) is 21.8. The van der Waals surface area contributed by atoms with Crippen LogP contribution >= 0.6 is 23.1 Å². The van der Waals surface area contributed by atoms with Gasteiger partial charge in [0.1, 0.15) is 4.70 Å². The molecule has 0 unspecified atom stereocenters. The number of ether oxygens (including phenoxy) is 1. The highest BCUT2D eigenvalue weighted by Gasteiger charge is 2.15. The number of anilines is 1. The van der Waals surface area contributed by atoms with Gasteiger partial charge in [0.05, 0.1) is 24.9 Å². The fraction of sp³-hybridized carbons (Fsp3) is 0.136. The predicted molar refractivity (Wildman–Crippen MR) is 122 cm³/mol. The molecule has 0 bridgehead atoms. The first-order chi connectivity index (χ1) is 15.0. The van der Waals surface area contributed by atoms with E-state index in [9.17, 15) is 14.0 Å². The van der Waals surface area contributed by atoms with Crippen LogP contribution in [0.15, 0.2) is 69.9 Å². The van der Waals surface area contributed by atoms with E-state index < -0.39 is 5.82 Å². The van der Waals surface area contributed by atoms with Crippen LogP contribution in [0.2, 0.25) is 0 Å². The minimum Gasteiger partial charge on any atom is -0.494 e. The minimum atomic E-state index is -0.561. The number of halogens is 1. The number of rotatable bonds is 7. The van der Waals surface area contributed by atoms with Crippen LogP contribution in [0.5, 0.6) is 5.75 Å². The topological polar surface area (TPSA) is 73.2 Å². The normalized spacial score (nSPS) is 10.9. The van der Waals surface area contributed by atoms with E-state index in [2.05, 4.69) is 10.3 Å². The third-order valence-electron chi connectivity index (χ3n) is 4.48.